The van der Waals surface area contributed by atoms with E-state index in [0.29, 0.717) is 0 Å². The van der Waals surface area contributed by atoms with Crippen LogP contribution < -0.4 is 5.43 Å². The molecule has 0 atom stereocenters. The Labute approximate surface area is 156 Å². The molecule has 1 aromatic carbocycles. The molecule has 0 aliphatic carbocycles. The van der Waals surface area contributed by atoms with E-state index < -0.39 is 46.2 Å². The predicted molar refractivity (Wildman–Crippen MR) is 88.9 cm³/mol. The molecule has 0 radical (unpaired) electrons. The van der Waals surface area contributed by atoms with Gasteiger partial charge in [0.2, 0.25) is 0 Å². The fourth-order valence-electron chi connectivity index (χ4n) is 2.09. The number of rotatable bonds is 2. The Morgan fingerprint density at radius 2 is 1.70 bits per heavy atom. The second kappa shape index (κ2) is 7.51. The first-order chi connectivity index (χ1) is 12.4. The number of hydrogen-bond acceptors (Lipinski definition) is 3. The molecule has 1 aromatic heterocycles. The Kier molecular flexibility index (Phi) is 5.74. The normalized spacial score (nSPS) is 11.3. The topological polar surface area (TPSA) is 62.3 Å². The number of hydrogen-bond donors (Lipinski definition) is 1. The number of halogens is 5. The first-order valence-corrected chi connectivity index (χ1v) is 7.92. The molecule has 0 spiro atoms. The standard InChI is InChI=1S/C17H14ClF4N3O2/c1-17(2,3)25(16(27)8-5-4-6-23-14(8)18)24-15(26)9-7-10(19)12(21)13(22)11(9)20/h4-7H,1-3H3,(H,24,26). The number of hydrazine groups is 1. The summed E-state index contributed by atoms with van der Waals surface area (Å²) in [6.45, 7) is 4.62. The Morgan fingerprint density at radius 1 is 1.07 bits per heavy atom. The minimum absolute atomic E-state index is 0.0636. The molecule has 0 aliphatic rings. The fourth-order valence-corrected chi connectivity index (χ4v) is 2.29. The van der Waals surface area contributed by atoms with Gasteiger partial charge in [-0.25, -0.2) is 27.6 Å². The van der Waals surface area contributed by atoms with Crippen LogP contribution in [-0.2, 0) is 0 Å². The zero-order chi connectivity index (χ0) is 20.5. The number of carbonyl (C=O) groups is 2. The monoisotopic (exact) mass is 403 g/mol. The van der Waals surface area contributed by atoms with E-state index in [2.05, 4.69) is 10.4 Å². The lowest BCUT2D eigenvalue weighted by molar-refractivity contribution is 0.0356. The van der Waals surface area contributed by atoms with Gasteiger partial charge in [-0.3, -0.25) is 15.0 Å². The molecule has 0 aliphatic heterocycles. The number of aromatic nitrogens is 1. The number of amides is 2. The number of benzene rings is 1. The van der Waals surface area contributed by atoms with Crippen molar-refractivity contribution in [2.45, 2.75) is 26.3 Å². The summed E-state index contributed by atoms with van der Waals surface area (Å²) >= 11 is 5.88. The van der Waals surface area contributed by atoms with Crippen LogP contribution in [0, 0.1) is 23.3 Å². The number of carbonyl (C=O) groups excluding carboxylic acids is 2. The molecule has 2 amide bonds. The van der Waals surface area contributed by atoms with Gasteiger partial charge >= 0.3 is 0 Å². The highest BCUT2D eigenvalue weighted by Crippen LogP contribution is 2.22. The largest absolute Gasteiger partial charge is 0.275 e. The van der Waals surface area contributed by atoms with Crippen molar-refractivity contribution in [2.75, 3.05) is 0 Å². The van der Waals surface area contributed by atoms with Gasteiger partial charge in [-0.05, 0) is 39.0 Å². The van der Waals surface area contributed by atoms with Crippen molar-refractivity contribution in [3.63, 3.8) is 0 Å². The summed E-state index contributed by atoms with van der Waals surface area (Å²) in [5, 5.41) is 0.660. The molecule has 10 heteroatoms. The average molecular weight is 404 g/mol. The highest BCUT2D eigenvalue weighted by atomic mass is 35.5. The van der Waals surface area contributed by atoms with E-state index in [4.69, 9.17) is 11.6 Å². The molecule has 0 unspecified atom stereocenters. The molecule has 0 saturated carbocycles. The van der Waals surface area contributed by atoms with Gasteiger partial charge in [0.15, 0.2) is 23.3 Å². The molecule has 144 valence electrons. The van der Waals surface area contributed by atoms with E-state index >= 15 is 0 Å². The van der Waals surface area contributed by atoms with E-state index in [1.807, 2.05) is 0 Å². The van der Waals surface area contributed by atoms with Gasteiger partial charge < -0.3 is 0 Å². The summed E-state index contributed by atoms with van der Waals surface area (Å²) < 4.78 is 53.7. The van der Waals surface area contributed by atoms with Gasteiger partial charge in [0.05, 0.1) is 16.7 Å². The summed E-state index contributed by atoms with van der Waals surface area (Å²) in [6.07, 6.45) is 1.35. The SMILES string of the molecule is CC(C)(C)N(NC(=O)c1cc(F)c(F)c(F)c1F)C(=O)c1cccnc1Cl. The van der Waals surface area contributed by atoms with Crippen LogP contribution in [0.15, 0.2) is 24.4 Å². The third-order valence-electron chi connectivity index (χ3n) is 3.42. The second-order valence-corrected chi connectivity index (χ2v) is 6.80. The summed E-state index contributed by atoms with van der Waals surface area (Å²) in [5.41, 5.74) is -0.135. The quantitative estimate of drug-likeness (QED) is 0.272. The minimum Gasteiger partial charge on any atom is -0.267 e. The molecule has 2 aromatic rings. The Bertz CT molecular complexity index is 916. The maximum absolute atomic E-state index is 13.9. The molecule has 5 nitrogen and oxygen atoms in total. The van der Waals surface area contributed by atoms with Gasteiger partial charge in [-0.2, -0.15) is 0 Å². The summed E-state index contributed by atoms with van der Waals surface area (Å²) in [5.74, 6) is -9.96. The summed E-state index contributed by atoms with van der Waals surface area (Å²) in [6, 6.07) is 2.98. The molecular formula is C17H14ClF4N3O2. The van der Waals surface area contributed by atoms with Crippen LogP contribution in [0.3, 0.4) is 0 Å². The van der Waals surface area contributed by atoms with Gasteiger partial charge in [-0.15, -0.1) is 0 Å². The van der Waals surface area contributed by atoms with E-state index in [0.717, 1.165) is 5.01 Å². The van der Waals surface area contributed by atoms with Crippen molar-refractivity contribution >= 4 is 23.4 Å². The minimum atomic E-state index is -2.14. The van der Waals surface area contributed by atoms with Crippen LogP contribution in [0.4, 0.5) is 17.6 Å². The van der Waals surface area contributed by atoms with Crippen LogP contribution in [0.5, 0.6) is 0 Å². The third-order valence-corrected chi connectivity index (χ3v) is 3.73. The molecule has 1 heterocycles. The smallest absolute Gasteiger partial charge is 0.267 e. The molecule has 0 fully saturated rings. The third kappa shape index (κ3) is 4.19. The predicted octanol–water partition coefficient (Wildman–Crippen LogP) is 3.88. The lowest BCUT2D eigenvalue weighted by Crippen LogP contribution is -2.56. The van der Waals surface area contributed by atoms with Crippen LogP contribution in [0.2, 0.25) is 5.15 Å². The average Bonchev–Trinajstić information content (AvgIpc) is 2.59. The van der Waals surface area contributed by atoms with Gasteiger partial charge in [0.1, 0.15) is 5.15 Å². The van der Waals surface area contributed by atoms with Crippen molar-refractivity contribution in [3.8, 4) is 0 Å². The second-order valence-electron chi connectivity index (χ2n) is 6.44. The van der Waals surface area contributed by atoms with Crippen LogP contribution in [0.1, 0.15) is 41.5 Å². The van der Waals surface area contributed by atoms with Gasteiger partial charge in [0.25, 0.3) is 11.8 Å². The Morgan fingerprint density at radius 3 is 2.26 bits per heavy atom. The van der Waals surface area contributed by atoms with Crippen LogP contribution >= 0.6 is 11.6 Å². The number of pyridine rings is 1. The van der Waals surface area contributed by atoms with E-state index in [-0.39, 0.29) is 16.8 Å². The maximum atomic E-state index is 13.9. The van der Waals surface area contributed by atoms with E-state index in [1.165, 1.54) is 39.1 Å². The number of nitrogens with one attached hydrogen (secondary N) is 1. The van der Waals surface area contributed by atoms with E-state index in [1.54, 1.807) is 0 Å². The first kappa shape index (κ1) is 20.6. The van der Waals surface area contributed by atoms with Crippen molar-refractivity contribution in [1.29, 1.82) is 0 Å². The first-order valence-electron chi connectivity index (χ1n) is 7.54. The molecular weight excluding hydrogens is 390 g/mol. The van der Waals surface area contributed by atoms with Crippen molar-refractivity contribution in [3.05, 3.63) is 63.9 Å². The lowest BCUT2D eigenvalue weighted by Gasteiger charge is -2.35. The molecule has 0 bridgehead atoms. The Balaban J connectivity index is 2.43. The summed E-state index contributed by atoms with van der Waals surface area (Å²) in [4.78, 5) is 28.8. The van der Waals surface area contributed by atoms with Gasteiger partial charge in [-0.1, -0.05) is 11.6 Å². The molecule has 1 N–H and O–H groups in total. The van der Waals surface area contributed by atoms with Crippen LogP contribution in [0.25, 0.3) is 0 Å². The summed E-state index contributed by atoms with van der Waals surface area (Å²) in [7, 11) is 0. The highest BCUT2D eigenvalue weighted by Gasteiger charge is 2.32. The van der Waals surface area contributed by atoms with Crippen molar-refractivity contribution in [2.24, 2.45) is 0 Å². The van der Waals surface area contributed by atoms with Crippen molar-refractivity contribution < 1.29 is 27.2 Å². The fraction of sp³-hybridized carbons (Fsp3) is 0.235. The number of nitrogens with zero attached hydrogens (tertiary/aromatic N) is 2. The lowest BCUT2D eigenvalue weighted by atomic mass is 10.1. The van der Waals surface area contributed by atoms with Crippen molar-refractivity contribution in [1.82, 2.24) is 15.4 Å². The Hall–Kier alpha value is -2.68. The molecule has 2 rings (SSSR count). The molecule has 27 heavy (non-hydrogen) atoms. The van der Waals surface area contributed by atoms with Crippen LogP contribution in [-0.4, -0.2) is 27.3 Å². The zero-order valence-corrected chi connectivity index (χ0v) is 15.2. The molecule has 0 saturated heterocycles. The maximum Gasteiger partial charge on any atom is 0.275 e. The highest BCUT2D eigenvalue weighted by molar-refractivity contribution is 6.32. The zero-order valence-electron chi connectivity index (χ0n) is 14.4. The van der Waals surface area contributed by atoms with E-state index in [9.17, 15) is 27.2 Å². The van der Waals surface area contributed by atoms with Gasteiger partial charge in [0, 0.05) is 6.20 Å².